The molecule has 2 N–H and O–H groups in total. The van der Waals surface area contributed by atoms with Crippen LogP contribution in [0.25, 0.3) is 0 Å². The van der Waals surface area contributed by atoms with Crippen LogP contribution in [0.4, 0.5) is 10.5 Å². The van der Waals surface area contributed by atoms with Crippen molar-refractivity contribution in [1.82, 2.24) is 9.62 Å². The summed E-state index contributed by atoms with van der Waals surface area (Å²) < 4.78 is 33.0. The molecule has 0 saturated heterocycles. The van der Waals surface area contributed by atoms with Crippen LogP contribution in [0.5, 0.6) is 0 Å². The van der Waals surface area contributed by atoms with E-state index in [1.807, 2.05) is 7.05 Å². The number of rotatable bonds is 3. The molecule has 2 heterocycles. The molecule has 1 aromatic carbocycles. The first-order valence-corrected chi connectivity index (χ1v) is 11.2. The quantitative estimate of drug-likeness (QED) is 0.824. The largest absolute Gasteiger partial charge is 0.446 e. The van der Waals surface area contributed by atoms with Gasteiger partial charge in [-0.3, -0.25) is 4.90 Å². The van der Waals surface area contributed by atoms with Gasteiger partial charge in [0, 0.05) is 18.3 Å². The highest BCUT2D eigenvalue weighted by Crippen LogP contribution is 2.39. The van der Waals surface area contributed by atoms with Gasteiger partial charge >= 0.3 is 6.03 Å². The number of carbonyl (C=O) groups is 1. The molecule has 1 aromatic heterocycles. The Bertz CT molecular complexity index is 1090. The zero-order valence-corrected chi connectivity index (χ0v) is 16.6. The number of nitrogens with zero attached hydrogens (tertiary/aromatic N) is 1. The molecule has 0 saturated carbocycles. The lowest BCUT2D eigenvalue weighted by molar-refractivity contribution is 0.255. The maximum Gasteiger partial charge on any atom is 0.333 e. The van der Waals surface area contributed by atoms with Crippen LogP contribution in [0.1, 0.15) is 40.0 Å². The first kappa shape index (κ1) is 17.8. The maximum atomic E-state index is 12.7. The number of furan rings is 1. The molecule has 0 unspecified atom stereocenters. The van der Waals surface area contributed by atoms with Gasteiger partial charge in [0.2, 0.25) is 5.09 Å². The summed E-state index contributed by atoms with van der Waals surface area (Å²) in [6, 6.07) is 3.04. The Morgan fingerprint density at radius 1 is 1.04 bits per heavy atom. The van der Waals surface area contributed by atoms with Crippen LogP contribution in [0, 0.1) is 0 Å². The minimum Gasteiger partial charge on any atom is -0.446 e. The molecular formula is C20H23N3O4S. The van der Waals surface area contributed by atoms with Gasteiger partial charge in [0.05, 0.1) is 6.54 Å². The number of amides is 2. The van der Waals surface area contributed by atoms with E-state index >= 15 is 0 Å². The lowest BCUT2D eigenvalue weighted by Gasteiger charge is -2.26. The number of aryl methyl sites for hydroxylation is 2. The topological polar surface area (TPSA) is 91.7 Å². The fourth-order valence-corrected chi connectivity index (χ4v) is 5.36. The molecule has 0 bridgehead atoms. The molecule has 7 nitrogen and oxygen atoms in total. The van der Waals surface area contributed by atoms with Crippen molar-refractivity contribution in [3.8, 4) is 0 Å². The second kappa shape index (κ2) is 6.35. The summed E-state index contributed by atoms with van der Waals surface area (Å²) in [5.74, 6) is 0.650. The van der Waals surface area contributed by atoms with Crippen molar-refractivity contribution in [3.05, 3.63) is 45.7 Å². The van der Waals surface area contributed by atoms with E-state index in [4.69, 9.17) is 4.42 Å². The zero-order valence-electron chi connectivity index (χ0n) is 15.8. The third-order valence-corrected chi connectivity index (χ3v) is 7.21. The van der Waals surface area contributed by atoms with Crippen LogP contribution in [0.3, 0.4) is 0 Å². The number of hydrogen-bond acceptors (Lipinski definition) is 5. The number of carbonyl (C=O) groups excluding carboxylic acids is 1. The van der Waals surface area contributed by atoms with Crippen molar-refractivity contribution >= 4 is 21.7 Å². The standard InChI is InChI=1S/C20H23N3O4S/c1-23-8-7-14-10-18(27-17(14)11-23)28(25,26)22-20(24)21-19-15-4-2-3-12(15)9-13-5-6-16(13)19/h9-10H,2-8,11H2,1H3,(H2,21,22,24). The molecule has 148 valence electrons. The Labute approximate surface area is 164 Å². The van der Waals surface area contributed by atoms with E-state index in [-0.39, 0.29) is 5.09 Å². The lowest BCUT2D eigenvalue weighted by atomic mass is 9.83. The molecular weight excluding hydrogens is 378 g/mol. The molecule has 3 aliphatic rings. The number of hydrogen-bond donors (Lipinski definition) is 2. The Morgan fingerprint density at radius 2 is 1.82 bits per heavy atom. The minimum atomic E-state index is -4.06. The molecule has 28 heavy (non-hydrogen) atoms. The van der Waals surface area contributed by atoms with Gasteiger partial charge in [0.25, 0.3) is 10.0 Å². The Hall–Kier alpha value is -2.32. The monoisotopic (exact) mass is 401 g/mol. The third-order valence-electron chi connectivity index (χ3n) is 6.03. The van der Waals surface area contributed by atoms with Crippen LogP contribution in [-0.4, -0.2) is 32.9 Å². The van der Waals surface area contributed by atoms with E-state index in [2.05, 4.69) is 21.0 Å². The number of sulfonamides is 1. The molecule has 2 amide bonds. The van der Waals surface area contributed by atoms with Crippen molar-refractivity contribution < 1.29 is 17.6 Å². The van der Waals surface area contributed by atoms with Gasteiger partial charge in [-0.15, -0.1) is 0 Å². The van der Waals surface area contributed by atoms with E-state index in [1.54, 1.807) is 0 Å². The van der Waals surface area contributed by atoms with Crippen molar-refractivity contribution in [1.29, 1.82) is 0 Å². The maximum absolute atomic E-state index is 12.7. The minimum absolute atomic E-state index is 0.200. The van der Waals surface area contributed by atoms with Crippen molar-refractivity contribution in [2.45, 2.75) is 50.2 Å². The van der Waals surface area contributed by atoms with Crippen LogP contribution in [-0.2, 0) is 48.7 Å². The normalized spacial score (nSPS) is 18.0. The summed E-state index contributed by atoms with van der Waals surface area (Å²) in [5.41, 5.74) is 6.54. The fourth-order valence-electron chi connectivity index (χ4n) is 4.46. The molecule has 8 heteroatoms. The highest BCUT2D eigenvalue weighted by Gasteiger charge is 2.29. The van der Waals surface area contributed by atoms with E-state index in [9.17, 15) is 13.2 Å². The Kier molecular flexibility index (Phi) is 4.03. The molecule has 0 fully saturated rings. The number of urea groups is 1. The van der Waals surface area contributed by atoms with Gasteiger partial charge in [-0.25, -0.2) is 9.52 Å². The first-order valence-electron chi connectivity index (χ1n) is 9.71. The predicted molar refractivity (Wildman–Crippen MR) is 104 cm³/mol. The zero-order chi connectivity index (χ0) is 19.5. The van der Waals surface area contributed by atoms with Gasteiger partial charge in [-0.2, -0.15) is 8.42 Å². The molecule has 0 atom stereocenters. The van der Waals surface area contributed by atoms with E-state index in [1.165, 1.54) is 17.2 Å². The van der Waals surface area contributed by atoms with Crippen LogP contribution >= 0.6 is 0 Å². The summed E-state index contributed by atoms with van der Waals surface area (Å²) in [5, 5.41) is 2.62. The smallest absolute Gasteiger partial charge is 0.333 e. The van der Waals surface area contributed by atoms with Crippen LogP contribution in [0.15, 0.2) is 21.6 Å². The number of nitrogens with one attached hydrogen (secondary N) is 2. The lowest BCUT2D eigenvalue weighted by Crippen LogP contribution is -2.35. The van der Waals surface area contributed by atoms with Crippen molar-refractivity contribution in [2.75, 3.05) is 18.9 Å². The second-order valence-corrected chi connectivity index (χ2v) is 9.56. The number of fused-ring (bicyclic) bond motifs is 3. The van der Waals surface area contributed by atoms with Gasteiger partial charge in [0.15, 0.2) is 0 Å². The molecule has 0 spiro atoms. The molecule has 2 aromatic rings. The first-order chi connectivity index (χ1) is 13.4. The average Bonchev–Trinajstić information content (AvgIpc) is 3.23. The third kappa shape index (κ3) is 2.91. The van der Waals surface area contributed by atoms with Gasteiger partial charge in [-0.05, 0) is 73.4 Å². The molecule has 2 aliphatic carbocycles. The summed E-state index contributed by atoms with van der Waals surface area (Å²) in [7, 11) is -2.10. The molecule has 1 aliphatic heterocycles. The Morgan fingerprint density at radius 3 is 2.61 bits per heavy atom. The van der Waals surface area contributed by atoms with E-state index in [0.29, 0.717) is 12.3 Å². The van der Waals surface area contributed by atoms with Gasteiger partial charge in [0.1, 0.15) is 5.76 Å². The number of anilines is 1. The molecule has 0 radical (unpaired) electrons. The van der Waals surface area contributed by atoms with Crippen LogP contribution in [0.2, 0.25) is 0 Å². The van der Waals surface area contributed by atoms with Gasteiger partial charge < -0.3 is 9.73 Å². The van der Waals surface area contributed by atoms with Gasteiger partial charge in [-0.1, -0.05) is 6.07 Å². The number of benzene rings is 1. The summed E-state index contributed by atoms with van der Waals surface area (Å²) >= 11 is 0. The van der Waals surface area contributed by atoms with Crippen molar-refractivity contribution in [3.63, 3.8) is 0 Å². The predicted octanol–water partition coefficient (Wildman–Crippen LogP) is 2.37. The molecule has 5 rings (SSSR count). The highest BCUT2D eigenvalue weighted by molar-refractivity contribution is 7.89. The Balaban J connectivity index is 1.37. The highest BCUT2D eigenvalue weighted by atomic mass is 32.2. The van der Waals surface area contributed by atoms with E-state index < -0.39 is 16.1 Å². The summed E-state index contributed by atoms with van der Waals surface area (Å²) in [4.78, 5) is 14.6. The van der Waals surface area contributed by atoms with Crippen LogP contribution < -0.4 is 10.0 Å². The fraction of sp³-hybridized carbons (Fsp3) is 0.450. The summed E-state index contributed by atoms with van der Waals surface area (Å²) in [6.45, 7) is 1.42. The number of likely N-dealkylation sites (N-methyl/N-ethyl adjacent to an activating group) is 1. The summed E-state index contributed by atoms with van der Waals surface area (Å²) in [6.07, 6.45) is 5.68. The van der Waals surface area contributed by atoms with Crippen molar-refractivity contribution in [2.24, 2.45) is 0 Å². The SMILES string of the molecule is CN1CCc2cc(S(=O)(=O)NC(=O)Nc3c4c(cc5c3CC5)CCC4)oc2C1. The second-order valence-electron chi connectivity index (χ2n) is 7.94. The van der Waals surface area contributed by atoms with E-state index in [0.717, 1.165) is 67.4 Å². The average molecular weight is 401 g/mol.